The molecule has 0 amide bonds. The van der Waals surface area contributed by atoms with E-state index >= 15 is 0 Å². The van der Waals surface area contributed by atoms with Gasteiger partial charge in [-0.1, -0.05) is 40.1 Å². The molecule has 0 aliphatic carbocycles. The number of hydrogen-bond acceptors (Lipinski definition) is 5. The summed E-state index contributed by atoms with van der Waals surface area (Å²) >= 11 is 3.43. The molecule has 0 saturated carbocycles. The van der Waals surface area contributed by atoms with E-state index < -0.39 is 0 Å². The van der Waals surface area contributed by atoms with Crippen LogP contribution in [0.1, 0.15) is 19.2 Å². The van der Waals surface area contributed by atoms with Crippen LogP contribution < -0.4 is 0 Å². The molecule has 20 heavy (non-hydrogen) atoms. The third-order valence-corrected chi connectivity index (χ3v) is 3.48. The maximum atomic E-state index is 8.87. The van der Waals surface area contributed by atoms with Gasteiger partial charge in [-0.3, -0.25) is 4.90 Å². The monoisotopic (exact) mass is 339 g/mol. The molecule has 0 radical (unpaired) electrons. The van der Waals surface area contributed by atoms with Crippen molar-refractivity contribution >= 4 is 15.9 Å². The van der Waals surface area contributed by atoms with Crippen molar-refractivity contribution in [3.8, 4) is 11.4 Å². The SMILES string of the molecule is CCN(CCCO)Cc1nc(-c2cccc(Br)c2)no1. The second-order valence-electron chi connectivity index (χ2n) is 4.47. The van der Waals surface area contributed by atoms with Gasteiger partial charge in [-0.2, -0.15) is 4.98 Å². The third-order valence-electron chi connectivity index (χ3n) is 2.99. The van der Waals surface area contributed by atoms with Gasteiger partial charge in [-0.15, -0.1) is 0 Å². The number of nitrogens with zero attached hydrogens (tertiary/aromatic N) is 3. The Morgan fingerprint density at radius 2 is 2.25 bits per heavy atom. The van der Waals surface area contributed by atoms with Crippen LogP contribution in [0.2, 0.25) is 0 Å². The molecule has 0 fully saturated rings. The van der Waals surface area contributed by atoms with Crippen molar-refractivity contribution in [2.24, 2.45) is 0 Å². The molecule has 1 aromatic carbocycles. The molecule has 0 spiro atoms. The predicted octanol–water partition coefficient (Wildman–Crippen LogP) is 2.70. The van der Waals surface area contributed by atoms with Crippen LogP contribution in [0.25, 0.3) is 11.4 Å². The maximum absolute atomic E-state index is 8.87. The Morgan fingerprint density at radius 3 is 2.95 bits per heavy atom. The summed E-state index contributed by atoms with van der Waals surface area (Å²) in [5, 5.41) is 12.9. The van der Waals surface area contributed by atoms with Crippen LogP contribution in [-0.4, -0.2) is 39.8 Å². The van der Waals surface area contributed by atoms with E-state index in [1.807, 2.05) is 24.3 Å². The Balaban J connectivity index is 2.05. The average molecular weight is 340 g/mol. The first kappa shape index (κ1) is 15.2. The molecule has 1 N–H and O–H groups in total. The zero-order valence-electron chi connectivity index (χ0n) is 11.4. The van der Waals surface area contributed by atoms with Crippen LogP contribution in [0.3, 0.4) is 0 Å². The van der Waals surface area contributed by atoms with Gasteiger partial charge in [-0.05, 0) is 25.1 Å². The summed E-state index contributed by atoms with van der Waals surface area (Å²) in [5.74, 6) is 1.19. The van der Waals surface area contributed by atoms with Crippen molar-refractivity contribution in [1.29, 1.82) is 0 Å². The molecule has 0 saturated heterocycles. The number of aromatic nitrogens is 2. The lowest BCUT2D eigenvalue weighted by Crippen LogP contribution is -2.24. The van der Waals surface area contributed by atoms with Crippen LogP contribution in [0, 0.1) is 0 Å². The van der Waals surface area contributed by atoms with Gasteiger partial charge in [0.1, 0.15) is 0 Å². The van der Waals surface area contributed by atoms with E-state index in [4.69, 9.17) is 9.63 Å². The first-order valence-electron chi connectivity index (χ1n) is 6.64. The van der Waals surface area contributed by atoms with Crippen molar-refractivity contribution in [3.63, 3.8) is 0 Å². The summed E-state index contributed by atoms with van der Waals surface area (Å²) in [7, 11) is 0. The van der Waals surface area contributed by atoms with Crippen molar-refractivity contribution < 1.29 is 9.63 Å². The second kappa shape index (κ2) is 7.52. The molecule has 0 bridgehead atoms. The minimum absolute atomic E-state index is 0.198. The van der Waals surface area contributed by atoms with E-state index in [0.29, 0.717) is 18.3 Å². The van der Waals surface area contributed by atoms with E-state index in [-0.39, 0.29) is 6.61 Å². The zero-order valence-corrected chi connectivity index (χ0v) is 13.0. The average Bonchev–Trinajstić information content (AvgIpc) is 2.92. The van der Waals surface area contributed by atoms with E-state index in [1.165, 1.54) is 0 Å². The Kier molecular flexibility index (Phi) is 5.70. The van der Waals surface area contributed by atoms with Crippen molar-refractivity contribution in [2.75, 3.05) is 19.7 Å². The summed E-state index contributed by atoms with van der Waals surface area (Å²) in [6, 6.07) is 7.80. The van der Waals surface area contributed by atoms with Gasteiger partial charge in [0.05, 0.1) is 6.54 Å². The molecule has 1 heterocycles. The first-order valence-corrected chi connectivity index (χ1v) is 7.44. The molecular weight excluding hydrogens is 322 g/mol. The minimum atomic E-state index is 0.198. The number of hydrogen-bond donors (Lipinski definition) is 1. The second-order valence-corrected chi connectivity index (χ2v) is 5.38. The summed E-state index contributed by atoms with van der Waals surface area (Å²) in [4.78, 5) is 6.58. The van der Waals surface area contributed by atoms with Crippen LogP contribution in [0.5, 0.6) is 0 Å². The van der Waals surface area contributed by atoms with Gasteiger partial charge in [0.15, 0.2) is 0 Å². The number of aliphatic hydroxyl groups excluding tert-OH is 1. The molecule has 1 aromatic heterocycles. The smallest absolute Gasteiger partial charge is 0.241 e. The van der Waals surface area contributed by atoms with E-state index in [1.54, 1.807) is 0 Å². The van der Waals surface area contributed by atoms with Crippen molar-refractivity contribution in [1.82, 2.24) is 15.0 Å². The number of benzene rings is 1. The molecular formula is C14H18BrN3O2. The lowest BCUT2D eigenvalue weighted by molar-refractivity contribution is 0.205. The zero-order chi connectivity index (χ0) is 14.4. The molecule has 0 aliphatic rings. The van der Waals surface area contributed by atoms with E-state index in [2.05, 4.69) is 37.9 Å². The number of rotatable bonds is 7. The molecule has 0 aliphatic heterocycles. The van der Waals surface area contributed by atoms with Crippen LogP contribution >= 0.6 is 15.9 Å². The van der Waals surface area contributed by atoms with Crippen LogP contribution in [0.4, 0.5) is 0 Å². The van der Waals surface area contributed by atoms with Crippen LogP contribution in [0.15, 0.2) is 33.3 Å². The Labute approximate surface area is 126 Å². The summed E-state index contributed by atoms with van der Waals surface area (Å²) in [6.07, 6.45) is 0.750. The van der Waals surface area contributed by atoms with Crippen molar-refractivity contribution in [3.05, 3.63) is 34.6 Å². The summed E-state index contributed by atoms with van der Waals surface area (Å²) in [6.45, 7) is 4.58. The Hall–Kier alpha value is -1.24. The largest absolute Gasteiger partial charge is 0.396 e. The predicted molar refractivity (Wildman–Crippen MR) is 80.1 cm³/mol. The minimum Gasteiger partial charge on any atom is -0.396 e. The summed E-state index contributed by atoms with van der Waals surface area (Å²) < 4.78 is 6.28. The maximum Gasteiger partial charge on any atom is 0.241 e. The van der Waals surface area contributed by atoms with Crippen LogP contribution in [-0.2, 0) is 6.54 Å². The Morgan fingerprint density at radius 1 is 1.40 bits per heavy atom. The fourth-order valence-corrected chi connectivity index (χ4v) is 2.30. The van der Waals surface area contributed by atoms with Gasteiger partial charge in [0.2, 0.25) is 11.7 Å². The van der Waals surface area contributed by atoms with Crippen molar-refractivity contribution in [2.45, 2.75) is 19.9 Å². The highest BCUT2D eigenvalue weighted by Gasteiger charge is 2.12. The van der Waals surface area contributed by atoms with E-state index in [9.17, 15) is 0 Å². The first-order chi connectivity index (χ1) is 9.72. The van der Waals surface area contributed by atoms with E-state index in [0.717, 1.165) is 29.5 Å². The van der Waals surface area contributed by atoms with Gasteiger partial charge in [0, 0.05) is 23.2 Å². The molecule has 2 rings (SSSR count). The molecule has 0 unspecified atom stereocenters. The fourth-order valence-electron chi connectivity index (χ4n) is 1.90. The highest BCUT2D eigenvalue weighted by Crippen LogP contribution is 2.20. The van der Waals surface area contributed by atoms with Gasteiger partial charge in [0.25, 0.3) is 0 Å². The molecule has 2 aromatic rings. The lowest BCUT2D eigenvalue weighted by atomic mass is 10.2. The highest BCUT2D eigenvalue weighted by molar-refractivity contribution is 9.10. The molecule has 6 heteroatoms. The fraction of sp³-hybridized carbons (Fsp3) is 0.429. The topological polar surface area (TPSA) is 62.4 Å². The van der Waals surface area contributed by atoms with Gasteiger partial charge < -0.3 is 9.63 Å². The quantitative estimate of drug-likeness (QED) is 0.840. The summed E-state index contributed by atoms with van der Waals surface area (Å²) in [5.41, 5.74) is 0.924. The standard InChI is InChI=1S/C14H18BrN3O2/c1-2-18(7-4-8-19)10-13-16-14(17-20-13)11-5-3-6-12(15)9-11/h3,5-6,9,19H,2,4,7-8,10H2,1H3. The van der Waals surface area contributed by atoms with Gasteiger partial charge in [-0.25, -0.2) is 0 Å². The normalized spacial score (nSPS) is 11.2. The molecule has 5 nitrogen and oxygen atoms in total. The number of aliphatic hydroxyl groups is 1. The molecule has 108 valence electrons. The molecule has 0 atom stereocenters. The lowest BCUT2D eigenvalue weighted by Gasteiger charge is -2.16. The third kappa shape index (κ3) is 4.13. The highest BCUT2D eigenvalue weighted by atomic mass is 79.9. The van der Waals surface area contributed by atoms with Gasteiger partial charge >= 0.3 is 0 Å². The Bertz CT molecular complexity index is 545. The number of halogens is 1.